The first-order valence-electron chi connectivity index (χ1n) is 6.77. The van der Waals surface area contributed by atoms with Crippen molar-refractivity contribution in [1.29, 1.82) is 0 Å². The molecule has 1 N–H and O–H groups in total. The topological polar surface area (TPSA) is 33.7 Å². The molecule has 2 heterocycles. The molecule has 0 amide bonds. The summed E-state index contributed by atoms with van der Waals surface area (Å²) in [6.45, 7) is 7.10. The van der Waals surface area contributed by atoms with Crippen LogP contribution in [0, 0.1) is 6.92 Å². The van der Waals surface area contributed by atoms with Gasteiger partial charge in [0.2, 0.25) is 0 Å². The second kappa shape index (κ2) is 7.36. The Kier molecular flexibility index (Phi) is 5.78. The first kappa shape index (κ1) is 14.9. The van der Waals surface area contributed by atoms with Crippen LogP contribution in [0.3, 0.4) is 0 Å². The Hall–Kier alpha value is -0.460. The van der Waals surface area contributed by atoms with Crippen LogP contribution in [-0.2, 0) is 16.0 Å². The minimum absolute atomic E-state index is 0.213. The lowest BCUT2D eigenvalue weighted by Crippen LogP contribution is -2.31. The summed E-state index contributed by atoms with van der Waals surface area (Å²) in [7, 11) is 3.52. The summed E-state index contributed by atoms with van der Waals surface area (Å²) in [4.78, 5) is 5.18. The number of aryl methyl sites for hydroxylation is 1. The number of methoxy groups -OCH3 is 2. The molecule has 2 unspecified atom stereocenters. The summed E-state index contributed by atoms with van der Waals surface area (Å²) in [5.41, 5.74) is 0. The molecule has 19 heavy (non-hydrogen) atoms. The van der Waals surface area contributed by atoms with Gasteiger partial charge in [0.15, 0.2) is 0 Å². The smallest absolute Gasteiger partial charge is 0.0971 e. The predicted molar refractivity (Wildman–Crippen MR) is 78.8 cm³/mol. The monoisotopic (exact) mass is 284 g/mol. The maximum Gasteiger partial charge on any atom is 0.0971 e. The van der Waals surface area contributed by atoms with Gasteiger partial charge in [0.05, 0.1) is 12.2 Å². The van der Waals surface area contributed by atoms with Crippen LogP contribution in [0.25, 0.3) is 0 Å². The van der Waals surface area contributed by atoms with E-state index in [1.807, 2.05) is 11.3 Å². The van der Waals surface area contributed by atoms with E-state index in [2.05, 4.69) is 29.3 Å². The SMILES string of the molecule is COC1CN(CCNCc2ccc(C)s2)CC1OC. The molecule has 1 saturated heterocycles. The Morgan fingerprint density at radius 2 is 1.95 bits per heavy atom. The largest absolute Gasteiger partial charge is 0.377 e. The number of ether oxygens (including phenoxy) is 2. The van der Waals surface area contributed by atoms with Crippen LogP contribution < -0.4 is 5.32 Å². The molecule has 2 rings (SSSR count). The van der Waals surface area contributed by atoms with E-state index in [-0.39, 0.29) is 12.2 Å². The van der Waals surface area contributed by atoms with Crippen molar-refractivity contribution in [3.8, 4) is 0 Å². The number of nitrogens with zero attached hydrogens (tertiary/aromatic N) is 1. The number of nitrogens with one attached hydrogen (secondary N) is 1. The van der Waals surface area contributed by atoms with Crippen LogP contribution in [-0.4, -0.2) is 57.5 Å². The van der Waals surface area contributed by atoms with E-state index < -0.39 is 0 Å². The molecule has 1 aliphatic rings. The van der Waals surface area contributed by atoms with Gasteiger partial charge in [0.1, 0.15) is 0 Å². The van der Waals surface area contributed by atoms with Crippen LogP contribution in [0.15, 0.2) is 12.1 Å². The molecule has 1 aromatic heterocycles. The highest BCUT2D eigenvalue weighted by Gasteiger charge is 2.32. The minimum atomic E-state index is 0.213. The molecule has 0 spiro atoms. The van der Waals surface area contributed by atoms with Crippen molar-refractivity contribution in [2.24, 2.45) is 0 Å². The molecule has 0 aliphatic carbocycles. The van der Waals surface area contributed by atoms with E-state index in [0.29, 0.717) is 0 Å². The highest BCUT2D eigenvalue weighted by molar-refractivity contribution is 7.11. The molecule has 1 aliphatic heterocycles. The van der Waals surface area contributed by atoms with E-state index >= 15 is 0 Å². The van der Waals surface area contributed by atoms with Gasteiger partial charge in [-0.2, -0.15) is 0 Å². The summed E-state index contributed by atoms with van der Waals surface area (Å²) in [5, 5.41) is 3.49. The molecular weight excluding hydrogens is 260 g/mol. The lowest BCUT2D eigenvalue weighted by molar-refractivity contribution is -0.00461. The Bertz CT molecular complexity index is 371. The fraction of sp³-hybridized carbons (Fsp3) is 0.714. The normalized spacial score (nSPS) is 24.2. The average molecular weight is 284 g/mol. The molecule has 0 aromatic carbocycles. The van der Waals surface area contributed by atoms with Crippen LogP contribution in [0.5, 0.6) is 0 Å². The van der Waals surface area contributed by atoms with Gasteiger partial charge in [-0.1, -0.05) is 0 Å². The molecular formula is C14H24N2O2S. The summed E-state index contributed by atoms with van der Waals surface area (Å²) >= 11 is 1.86. The molecule has 1 fully saturated rings. The first-order valence-corrected chi connectivity index (χ1v) is 7.58. The maximum atomic E-state index is 5.44. The van der Waals surface area contributed by atoms with Crippen LogP contribution in [0.4, 0.5) is 0 Å². The van der Waals surface area contributed by atoms with Gasteiger partial charge < -0.3 is 14.8 Å². The van der Waals surface area contributed by atoms with Gasteiger partial charge in [-0.25, -0.2) is 0 Å². The fourth-order valence-electron chi connectivity index (χ4n) is 2.48. The lowest BCUT2D eigenvalue weighted by atomic mass is 10.3. The average Bonchev–Trinajstić information content (AvgIpc) is 3.00. The Morgan fingerprint density at radius 1 is 1.26 bits per heavy atom. The molecule has 0 radical (unpaired) electrons. The van der Waals surface area contributed by atoms with Crippen molar-refractivity contribution in [2.45, 2.75) is 25.7 Å². The minimum Gasteiger partial charge on any atom is -0.377 e. The summed E-state index contributed by atoms with van der Waals surface area (Å²) in [5.74, 6) is 0. The Labute approximate surface area is 119 Å². The molecule has 0 bridgehead atoms. The number of hydrogen-bond acceptors (Lipinski definition) is 5. The predicted octanol–water partition coefficient (Wildman–Crippen LogP) is 1.49. The number of rotatable bonds is 7. The third-order valence-electron chi connectivity index (χ3n) is 3.60. The van der Waals surface area contributed by atoms with Crippen molar-refractivity contribution in [3.05, 3.63) is 21.9 Å². The summed E-state index contributed by atoms with van der Waals surface area (Å²) in [6.07, 6.45) is 0.426. The molecule has 2 atom stereocenters. The van der Waals surface area contributed by atoms with Crippen molar-refractivity contribution >= 4 is 11.3 Å². The second-order valence-corrected chi connectivity index (χ2v) is 6.37. The number of hydrogen-bond donors (Lipinski definition) is 1. The third-order valence-corrected chi connectivity index (χ3v) is 4.60. The Balaban J connectivity index is 1.64. The van der Waals surface area contributed by atoms with Gasteiger partial charge in [-0.15, -0.1) is 11.3 Å². The molecule has 5 heteroatoms. The lowest BCUT2D eigenvalue weighted by Gasteiger charge is -2.15. The molecule has 0 saturated carbocycles. The first-order chi connectivity index (χ1) is 9.22. The van der Waals surface area contributed by atoms with Crippen LogP contribution >= 0.6 is 11.3 Å². The highest BCUT2D eigenvalue weighted by Crippen LogP contribution is 2.16. The molecule has 1 aromatic rings. The second-order valence-electron chi connectivity index (χ2n) is 5.00. The van der Waals surface area contributed by atoms with E-state index in [1.54, 1.807) is 14.2 Å². The van der Waals surface area contributed by atoms with Crippen LogP contribution in [0.2, 0.25) is 0 Å². The summed E-state index contributed by atoms with van der Waals surface area (Å²) < 4.78 is 10.9. The highest BCUT2D eigenvalue weighted by atomic mass is 32.1. The van der Waals surface area contributed by atoms with E-state index in [9.17, 15) is 0 Å². The molecule has 4 nitrogen and oxygen atoms in total. The van der Waals surface area contributed by atoms with E-state index in [1.165, 1.54) is 9.75 Å². The molecule has 108 valence electrons. The number of likely N-dealkylation sites (tertiary alicyclic amines) is 1. The summed E-state index contributed by atoms with van der Waals surface area (Å²) in [6, 6.07) is 4.37. The van der Waals surface area contributed by atoms with Gasteiger partial charge in [-0.05, 0) is 19.1 Å². The zero-order valence-electron chi connectivity index (χ0n) is 12.0. The van der Waals surface area contributed by atoms with Crippen molar-refractivity contribution in [2.75, 3.05) is 40.4 Å². The van der Waals surface area contributed by atoms with Crippen molar-refractivity contribution < 1.29 is 9.47 Å². The van der Waals surface area contributed by atoms with Gasteiger partial charge >= 0.3 is 0 Å². The number of thiophene rings is 1. The van der Waals surface area contributed by atoms with Gasteiger partial charge in [0.25, 0.3) is 0 Å². The van der Waals surface area contributed by atoms with E-state index in [0.717, 1.165) is 32.7 Å². The van der Waals surface area contributed by atoms with Crippen LogP contribution in [0.1, 0.15) is 9.75 Å². The maximum absolute atomic E-state index is 5.44. The quantitative estimate of drug-likeness (QED) is 0.769. The van der Waals surface area contributed by atoms with Gasteiger partial charge in [-0.3, -0.25) is 4.90 Å². The van der Waals surface area contributed by atoms with Crippen molar-refractivity contribution in [1.82, 2.24) is 10.2 Å². The van der Waals surface area contributed by atoms with E-state index in [4.69, 9.17) is 9.47 Å². The fourth-order valence-corrected chi connectivity index (χ4v) is 3.34. The van der Waals surface area contributed by atoms with Crippen molar-refractivity contribution in [3.63, 3.8) is 0 Å². The third kappa shape index (κ3) is 4.26. The zero-order valence-corrected chi connectivity index (χ0v) is 12.8. The van der Waals surface area contributed by atoms with Gasteiger partial charge in [0, 0.05) is 56.7 Å². The Morgan fingerprint density at radius 3 is 2.47 bits per heavy atom. The standard InChI is InChI=1S/C14H24N2O2S/c1-11-4-5-12(19-11)8-15-6-7-16-9-13(17-2)14(10-16)18-3/h4-5,13-15H,6-10H2,1-3H3. The zero-order chi connectivity index (χ0) is 13.7.